The second-order valence-electron chi connectivity index (χ2n) is 7.43. The van der Waals surface area contributed by atoms with Crippen LogP contribution in [0.15, 0.2) is 55.1 Å². The number of halogens is 1. The molecule has 1 aromatic carbocycles. The van der Waals surface area contributed by atoms with Crippen LogP contribution in [-0.2, 0) is 29.0 Å². The summed E-state index contributed by atoms with van der Waals surface area (Å²) in [6.45, 7) is 4.29. The first-order chi connectivity index (χ1) is 14.1. The van der Waals surface area contributed by atoms with Gasteiger partial charge in [0.25, 0.3) is 5.79 Å². The van der Waals surface area contributed by atoms with Crippen molar-refractivity contribution in [3.05, 3.63) is 72.3 Å². The topological polar surface area (TPSA) is 61.2 Å². The highest BCUT2D eigenvalue weighted by atomic mass is 19.1. The number of aromatic nitrogens is 3. The molecule has 0 amide bonds. The molecule has 7 heteroatoms. The lowest BCUT2D eigenvalue weighted by atomic mass is 9.97. The van der Waals surface area contributed by atoms with E-state index in [-0.39, 0.29) is 5.82 Å². The maximum atomic E-state index is 13.5. The molecule has 0 unspecified atom stereocenters. The van der Waals surface area contributed by atoms with Gasteiger partial charge in [0, 0.05) is 43.0 Å². The number of nitrogens with zero attached hydrogens (tertiary/aromatic N) is 3. The average Bonchev–Trinajstić information content (AvgIpc) is 3.32. The first-order valence-corrected chi connectivity index (χ1v) is 9.64. The van der Waals surface area contributed by atoms with Gasteiger partial charge in [-0.1, -0.05) is 0 Å². The fourth-order valence-corrected chi connectivity index (χ4v) is 3.88. The zero-order valence-electron chi connectivity index (χ0n) is 16.1. The lowest BCUT2D eigenvalue weighted by Gasteiger charge is -2.22. The van der Waals surface area contributed by atoms with Gasteiger partial charge >= 0.3 is 0 Å². The lowest BCUT2D eigenvalue weighted by molar-refractivity contribution is -0.124. The Bertz CT molecular complexity index is 1070. The van der Waals surface area contributed by atoms with Gasteiger partial charge in [-0.05, 0) is 42.0 Å². The molecule has 0 fully saturated rings. The van der Waals surface area contributed by atoms with Crippen LogP contribution < -0.4 is 5.32 Å². The number of hydrogen-bond donors (Lipinski definition) is 1. The van der Waals surface area contributed by atoms with Gasteiger partial charge in [0.2, 0.25) is 0 Å². The molecule has 4 heterocycles. The van der Waals surface area contributed by atoms with E-state index in [9.17, 15) is 4.39 Å². The molecule has 2 aliphatic heterocycles. The van der Waals surface area contributed by atoms with Gasteiger partial charge < -0.3 is 14.8 Å². The smallest absolute Gasteiger partial charge is 0.252 e. The first-order valence-electron chi connectivity index (χ1n) is 9.64. The molecule has 0 bridgehead atoms. The summed E-state index contributed by atoms with van der Waals surface area (Å²) >= 11 is 0. The fraction of sp³-hybridized carbons (Fsp3) is 0.273. The molecule has 0 radical (unpaired) electrons. The summed E-state index contributed by atoms with van der Waals surface area (Å²) in [5.41, 5.74) is 5.79. The number of benzene rings is 1. The van der Waals surface area contributed by atoms with Gasteiger partial charge in [-0.2, -0.15) is 5.10 Å². The lowest BCUT2D eigenvalue weighted by Crippen LogP contribution is -2.29. The molecule has 2 aliphatic rings. The molecule has 6 nitrogen and oxygen atoms in total. The zero-order chi connectivity index (χ0) is 19.8. The third-order valence-electron chi connectivity index (χ3n) is 5.27. The van der Waals surface area contributed by atoms with Gasteiger partial charge in [-0.15, -0.1) is 0 Å². The maximum Gasteiger partial charge on any atom is 0.252 e. The van der Waals surface area contributed by atoms with Crippen molar-refractivity contribution in [2.75, 3.05) is 6.54 Å². The number of fused-ring (bicyclic) bond motifs is 1. The second kappa shape index (κ2) is 7.00. The van der Waals surface area contributed by atoms with E-state index in [2.05, 4.69) is 16.4 Å². The molecule has 3 aromatic rings. The number of hydrogen-bond acceptors (Lipinski definition) is 5. The monoisotopic (exact) mass is 392 g/mol. The number of nitrogens with one attached hydrogen (secondary N) is 1. The van der Waals surface area contributed by atoms with Gasteiger partial charge in [0.15, 0.2) is 0 Å². The highest BCUT2D eigenvalue weighted by Gasteiger charge is 2.31. The molecule has 0 spiro atoms. The van der Waals surface area contributed by atoms with E-state index >= 15 is 0 Å². The van der Waals surface area contributed by atoms with E-state index in [1.54, 1.807) is 30.9 Å². The molecule has 148 valence electrons. The van der Waals surface area contributed by atoms with Crippen molar-refractivity contribution in [2.45, 2.75) is 32.2 Å². The Balaban J connectivity index is 1.59. The Kier molecular flexibility index (Phi) is 4.32. The van der Waals surface area contributed by atoms with E-state index in [1.165, 1.54) is 12.1 Å². The van der Waals surface area contributed by atoms with Crippen molar-refractivity contribution < 1.29 is 13.9 Å². The summed E-state index contributed by atoms with van der Waals surface area (Å²) in [5.74, 6) is -1.00. The van der Waals surface area contributed by atoms with Crippen molar-refractivity contribution >= 4 is 0 Å². The highest BCUT2D eigenvalue weighted by molar-refractivity contribution is 5.83. The van der Waals surface area contributed by atoms with E-state index in [4.69, 9.17) is 14.6 Å². The van der Waals surface area contributed by atoms with Crippen LogP contribution in [0.5, 0.6) is 0 Å². The molecule has 0 saturated carbocycles. The van der Waals surface area contributed by atoms with Crippen molar-refractivity contribution in [2.24, 2.45) is 0 Å². The average molecular weight is 392 g/mol. The third kappa shape index (κ3) is 3.38. The number of ether oxygens (including phenoxy) is 2. The largest absolute Gasteiger partial charge is 0.457 e. The first kappa shape index (κ1) is 17.9. The maximum absolute atomic E-state index is 13.5. The predicted octanol–water partition coefficient (Wildman–Crippen LogP) is 3.63. The third-order valence-corrected chi connectivity index (χ3v) is 5.27. The minimum atomic E-state index is -0.745. The molecule has 0 saturated heterocycles. The van der Waals surface area contributed by atoms with Crippen LogP contribution in [0, 0.1) is 5.82 Å². The molecule has 29 heavy (non-hydrogen) atoms. The van der Waals surface area contributed by atoms with E-state index in [0.29, 0.717) is 6.42 Å². The molecule has 0 aliphatic carbocycles. The normalized spacial score (nSPS) is 16.9. The summed E-state index contributed by atoms with van der Waals surface area (Å²) in [6, 6.07) is 10.5. The Hall–Kier alpha value is -3.19. The molecular weight excluding hydrogens is 371 g/mol. The van der Waals surface area contributed by atoms with Crippen LogP contribution in [0.4, 0.5) is 4.39 Å². The standard InChI is InChI=1S/C22H21FN4O2/c1-22(28-10-11-29-22)13-18-12-16(6-7-25-18)20-19-14-24-8-9-27(19)26-21(20)15-2-4-17(23)5-3-15/h2-7,10-12,24H,8-9,13-14H2,1H3. The Labute approximate surface area is 168 Å². The van der Waals surface area contributed by atoms with E-state index in [0.717, 1.165) is 53.4 Å². The zero-order valence-corrected chi connectivity index (χ0v) is 16.1. The van der Waals surface area contributed by atoms with Gasteiger partial charge in [0.1, 0.15) is 24.0 Å². The molecule has 5 rings (SSSR count). The Morgan fingerprint density at radius 1 is 1.14 bits per heavy atom. The van der Waals surface area contributed by atoms with Crippen molar-refractivity contribution in [3.63, 3.8) is 0 Å². The van der Waals surface area contributed by atoms with Crippen LogP contribution >= 0.6 is 0 Å². The summed E-state index contributed by atoms with van der Waals surface area (Å²) in [4.78, 5) is 4.50. The molecular formula is C22H21FN4O2. The van der Waals surface area contributed by atoms with E-state index < -0.39 is 5.79 Å². The van der Waals surface area contributed by atoms with Gasteiger partial charge in [-0.3, -0.25) is 9.67 Å². The van der Waals surface area contributed by atoms with E-state index in [1.807, 2.05) is 17.7 Å². The number of pyridine rings is 1. The minimum Gasteiger partial charge on any atom is -0.457 e. The van der Waals surface area contributed by atoms with Gasteiger partial charge in [-0.25, -0.2) is 4.39 Å². The van der Waals surface area contributed by atoms with Crippen LogP contribution in [0.25, 0.3) is 22.4 Å². The summed E-state index contributed by atoms with van der Waals surface area (Å²) in [6.07, 6.45) is 5.42. The predicted molar refractivity (Wildman–Crippen MR) is 106 cm³/mol. The van der Waals surface area contributed by atoms with Crippen LogP contribution in [0.3, 0.4) is 0 Å². The van der Waals surface area contributed by atoms with Crippen LogP contribution in [-0.4, -0.2) is 27.1 Å². The molecule has 2 aromatic heterocycles. The minimum absolute atomic E-state index is 0.259. The highest BCUT2D eigenvalue weighted by Crippen LogP contribution is 2.36. The molecule has 0 atom stereocenters. The van der Waals surface area contributed by atoms with Crippen molar-refractivity contribution in [1.29, 1.82) is 0 Å². The van der Waals surface area contributed by atoms with Crippen molar-refractivity contribution in [3.8, 4) is 22.4 Å². The quantitative estimate of drug-likeness (QED) is 0.735. The van der Waals surface area contributed by atoms with Gasteiger partial charge in [0.05, 0.1) is 18.7 Å². The summed E-state index contributed by atoms with van der Waals surface area (Å²) in [7, 11) is 0. The Morgan fingerprint density at radius 2 is 1.93 bits per heavy atom. The van der Waals surface area contributed by atoms with Crippen LogP contribution in [0.1, 0.15) is 18.3 Å². The van der Waals surface area contributed by atoms with Crippen LogP contribution in [0.2, 0.25) is 0 Å². The number of rotatable bonds is 4. The summed E-state index contributed by atoms with van der Waals surface area (Å²) in [5, 5.41) is 8.27. The fourth-order valence-electron chi connectivity index (χ4n) is 3.88. The van der Waals surface area contributed by atoms with Crippen molar-refractivity contribution in [1.82, 2.24) is 20.1 Å². The molecule has 1 N–H and O–H groups in total. The SMILES string of the molecule is CC1(Cc2cc(-c3c(-c4ccc(F)cc4)nn4c3CNCC4)ccn2)OC=CO1. The second-order valence-corrected chi connectivity index (χ2v) is 7.43. The summed E-state index contributed by atoms with van der Waals surface area (Å²) < 4.78 is 26.6. The Morgan fingerprint density at radius 3 is 2.72 bits per heavy atom.